The number of methoxy groups -OCH3 is 1. The Hall–Kier alpha value is -1.63. The Kier molecular flexibility index (Phi) is 5.10. The fraction of sp³-hybridized carbons (Fsp3) is 0.462. The summed E-state index contributed by atoms with van der Waals surface area (Å²) < 4.78 is 41.0. The van der Waals surface area contributed by atoms with Crippen LogP contribution in [0, 0.1) is 5.82 Å². The summed E-state index contributed by atoms with van der Waals surface area (Å²) in [6, 6.07) is 3.37. The number of nitrogens with one attached hydrogen (secondary N) is 1. The number of carbonyl (C=O) groups excluding carboxylic acids is 1. The van der Waals surface area contributed by atoms with Gasteiger partial charge in [-0.1, -0.05) is 0 Å². The van der Waals surface area contributed by atoms with E-state index in [1.54, 1.807) is 6.92 Å². The van der Waals surface area contributed by atoms with Crippen LogP contribution in [-0.4, -0.2) is 32.9 Å². The van der Waals surface area contributed by atoms with Gasteiger partial charge >= 0.3 is 0 Å². The van der Waals surface area contributed by atoms with E-state index in [0.29, 0.717) is 11.3 Å². The van der Waals surface area contributed by atoms with E-state index in [2.05, 4.69) is 5.32 Å². The molecule has 0 spiro atoms. The molecule has 0 unspecified atom stereocenters. The van der Waals surface area contributed by atoms with E-state index in [1.807, 2.05) is 0 Å². The summed E-state index contributed by atoms with van der Waals surface area (Å²) >= 11 is 0. The zero-order chi connectivity index (χ0) is 15.5. The molecule has 0 aliphatic heterocycles. The normalized spacial score (nSPS) is 14.4. The molecule has 0 aromatic heterocycles. The highest BCUT2D eigenvalue weighted by Crippen LogP contribution is 2.25. The van der Waals surface area contributed by atoms with Crippen LogP contribution in [0.3, 0.4) is 0 Å². The average Bonchev–Trinajstić information content (AvgIpc) is 2.36. The van der Waals surface area contributed by atoms with E-state index in [4.69, 9.17) is 4.74 Å². The van der Waals surface area contributed by atoms with Crippen LogP contribution in [0.5, 0.6) is 5.75 Å². The molecule has 1 aromatic carbocycles. The molecule has 0 heterocycles. The van der Waals surface area contributed by atoms with E-state index in [9.17, 15) is 17.6 Å². The molecule has 1 amide bonds. The van der Waals surface area contributed by atoms with Crippen LogP contribution in [0.4, 0.5) is 4.39 Å². The number of carbonyl (C=O) groups is 1. The van der Waals surface area contributed by atoms with E-state index in [0.717, 1.165) is 6.26 Å². The average molecular weight is 303 g/mol. The highest BCUT2D eigenvalue weighted by Gasteiger charge is 2.25. The fourth-order valence-corrected chi connectivity index (χ4v) is 2.10. The second kappa shape index (κ2) is 6.21. The van der Waals surface area contributed by atoms with Crippen molar-refractivity contribution in [3.8, 4) is 5.75 Å². The minimum atomic E-state index is -3.47. The van der Waals surface area contributed by atoms with E-state index in [-0.39, 0.29) is 0 Å². The van der Waals surface area contributed by atoms with Gasteiger partial charge in [0.05, 0.1) is 13.2 Å². The fourth-order valence-electron chi connectivity index (χ4n) is 1.65. The molecule has 0 aliphatic rings. The van der Waals surface area contributed by atoms with Crippen LogP contribution in [0.25, 0.3) is 0 Å². The van der Waals surface area contributed by atoms with Gasteiger partial charge < -0.3 is 10.1 Å². The van der Waals surface area contributed by atoms with Gasteiger partial charge in [-0.25, -0.2) is 12.8 Å². The van der Waals surface area contributed by atoms with Gasteiger partial charge in [-0.05, 0) is 32.0 Å². The monoisotopic (exact) mass is 303 g/mol. The summed E-state index contributed by atoms with van der Waals surface area (Å²) in [5.41, 5.74) is 0.446. The van der Waals surface area contributed by atoms with Crippen LogP contribution in [0.2, 0.25) is 0 Å². The minimum Gasteiger partial charge on any atom is -0.496 e. The topological polar surface area (TPSA) is 72.5 Å². The minimum absolute atomic E-state index is 0.422. The van der Waals surface area contributed by atoms with Gasteiger partial charge in [0, 0.05) is 11.8 Å². The molecule has 0 aliphatic carbocycles. The number of halogens is 1. The number of ether oxygens (including phenoxy) is 1. The lowest BCUT2D eigenvalue weighted by molar-refractivity contribution is -0.121. The molecule has 20 heavy (non-hydrogen) atoms. The van der Waals surface area contributed by atoms with Crippen molar-refractivity contribution in [1.82, 2.24) is 5.32 Å². The van der Waals surface area contributed by atoms with Crippen molar-refractivity contribution < 1.29 is 22.3 Å². The zero-order valence-electron chi connectivity index (χ0n) is 11.8. The Labute approximate surface area is 118 Å². The number of amides is 1. The first kappa shape index (κ1) is 16.4. The number of benzene rings is 1. The van der Waals surface area contributed by atoms with Crippen LogP contribution >= 0.6 is 0 Å². The van der Waals surface area contributed by atoms with Gasteiger partial charge in [0.15, 0.2) is 9.84 Å². The molecule has 0 fully saturated rings. The molecule has 1 aromatic rings. The second-order valence-electron chi connectivity index (χ2n) is 4.59. The van der Waals surface area contributed by atoms with Crippen LogP contribution in [0.1, 0.15) is 25.5 Å². The quantitative estimate of drug-likeness (QED) is 0.893. The zero-order valence-corrected chi connectivity index (χ0v) is 12.6. The van der Waals surface area contributed by atoms with Gasteiger partial charge in [0.25, 0.3) is 0 Å². The largest absolute Gasteiger partial charge is 0.496 e. The van der Waals surface area contributed by atoms with Gasteiger partial charge in [-0.3, -0.25) is 4.79 Å². The molecule has 112 valence electrons. The summed E-state index contributed by atoms with van der Waals surface area (Å²) in [5.74, 6) is -0.671. The van der Waals surface area contributed by atoms with Crippen molar-refractivity contribution in [3.63, 3.8) is 0 Å². The molecular formula is C13H18FNO4S. The first-order valence-electron chi connectivity index (χ1n) is 5.99. The summed E-state index contributed by atoms with van der Waals surface area (Å²) in [6.45, 7) is 2.93. The SMILES string of the molecule is COc1ccc(F)cc1[C@@H](C)NC(=O)[C@@H](C)S(C)(=O)=O. The smallest absolute Gasteiger partial charge is 0.238 e. The predicted octanol–water partition coefficient (Wildman–Crippen LogP) is 1.44. The van der Waals surface area contributed by atoms with Crippen LogP contribution in [-0.2, 0) is 14.6 Å². The van der Waals surface area contributed by atoms with Crippen molar-refractivity contribution in [2.75, 3.05) is 13.4 Å². The number of hydrogen-bond acceptors (Lipinski definition) is 4. The predicted molar refractivity (Wildman–Crippen MR) is 73.8 cm³/mol. The molecule has 2 atom stereocenters. The van der Waals surface area contributed by atoms with Crippen molar-refractivity contribution >= 4 is 15.7 Å². The first-order chi connectivity index (χ1) is 9.16. The third-order valence-electron chi connectivity index (χ3n) is 3.03. The maximum absolute atomic E-state index is 13.3. The first-order valence-corrected chi connectivity index (χ1v) is 7.95. The lowest BCUT2D eigenvalue weighted by atomic mass is 10.1. The molecule has 0 saturated heterocycles. The third-order valence-corrected chi connectivity index (χ3v) is 4.53. The van der Waals surface area contributed by atoms with Crippen LogP contribution in [0.15, 0.2) is 18.2 Å². The number of hydrogen-bond donors (Lipinski definition) is 1. The summed E-state index contributed by atoms with van der Waals surface area (Å²) in [5, 5.41) is 1.38. The maximum atomic E-state index is 13.3. The molecule has 1 rings (SSSR count). The Balaban J connectivity index is 2.94. The Morgan fingerprint density at radius 2 is 1.95 bits per heavy atom. The van der Waals surface area contributed by atoms with Crippen molar-refractivity contribution in [1.29, 1.82) is 0 Å². The summed E-state index contributed by atoms with van der Waals surface area (Å²) in [7, 11) is -2.04. The molecule has 1 N–H and O–H groups in total. The van der Waals surface area contributed by atoms with E-state index >= 15 is 0 Å². The summed E-state index contributed by atoms with van der Waals surface area (Å²) in [4.78, 5) is 11.8. The lowest BCUT2D eigenvalue weighted by Crippen LogP contribution is -2.38. The van der Waals surface area contributed by atoms with E-state index in [1.165, 1.54) is 32.2 Å². The van der Waals surface area contributed by atoms with Crippen molar-refractivity contribution in [3.05, 3.63) is 29.6 Å². The molecule has 0 radical (unpaired) electrons. The number of rotatable bonds is 5. The molecule has 7 heteroatoms. The van der Waals surface area contributed by atoms with Gasteiger partial charge in [0.1, 0.15) is 16.8 Å². The van der Waals surface area contributed by atoms with Gasteiger partial charge in [0.2, 0.25) is 5.91 Å². The molecule has 0 bridgehead atoms. The Morgan fingerprint density at radius 1 is 1.35 bits per heavy atom. The molecule has 5 nitrogen and oxygen atoms in total. The van der Waals surface area contributed by atoms with Crippen LogP contribution < -0.4 is 10.1 Å². The molecule has 0 saturated carbocycles. The Bertz CT molecular complexity index is 600. The van der Waals surface area contributed by atoms with Crippen molar-refractivity contribution in [2.24, 2.45) is 0 Å². The number of sulfone groups is 1. The van der Waals surface area contributed by atoms with Gasteiger partial charge in [-0.15, -0.1) is 0 Å². The third kappa shape index (κ3) is 3.93. The highest BCUT2D eigenvalue weighted by atomic mass is 32.2. The van der Waals surface area contributed by atoms with E-state index < -0.39 is 32.9 Å². The van der Waals surface area contributed by atoms with Gasteiger partial charge in [-0.2, -0.15) is 0 Å². The molecular weight excluding hydrogens is 285 g/mol. The summed E-state index contributed by atoms with van der Waals surface area (Å²) in [6.07, 6.45) is 0.991. The highest BCUT2D eigenvalue weighted by molar-refractivity contribution is 7.92. The maximum Gasteiger partial charge on any atom is 0.238 e. The Morgan fingerprint density at radius 3 is 2.45 bits per heavy atom. The second-order valence-corrected chi connectivity index (χ2v) is 6.95. The lowest BCUT2D eigenvalue weighted by Gasteiger charge is -2.19. The van der Waals surface area contributed by atoms with Crippen molar-refractivity contribution in [2.45, 2.75) is 25.1 Å². The standard InChI is InChI=1S/C13H18FNO4S/c1-8(15-13(16)9(2)20(4,17)18)11-7-10(14)5-6-12(11)19-3/h5-9H,1-4H3,(H,15,16)/t8-,9-/m1/s1.